The van der Waals surface area contributed by atoms with Crippen molar-refractivity contribution in [2.75, 3.05) is 25.6 Å². The number of aromatic nitrogens is 4. The van der Waals surface area contributed by atoms with Crippen LogP contribution < -0.4 is 15.2 Å². The molecule has 0 aliphatic carbocycles. The Labute approximate surface area is 263 Å². The van der Waals surface area contributed by atoms with Crippen molar-refractivity contribution >= 4 is 56.7 Å². The van der Waals surface area contributed by atoms with Crippen LogP contribution in [0.25, 0.3) is 11.2 Å². The van der Waals surface area contributed by atoms with Crippen molar-refractivity contribution in [3.8, 4) is 11.5 Å². The number of nitrogens with two attached hydrogens (primary N) is 1. The van der Waals surface area contributed by atoms with Gasteiger partial charge in [-0.2, -0.15) is 0 Å². The first kappa shape index (κ1) is 31.2. The van der Waals surface area contributed by atoms with Gasteiger partial charge in [0.25, 0.3) is 0 Å². The van der Waals surface area contributed by atoms with Crippen LogP contribution in [0.2, 0.25) is 0 Å². The number of fused-ring (bicyclic) bond motifs is 2. The number of rotatable bonds is 8. The lowest BCUT2D eigenvalue weighted by molar-refractivity contribution is -0.141. The molecule has 1 aromatic carbocycles. The van der Waals surface area contributed by atoms with E-state index >= 15 is 0 Å². The normalized spacial score (nSPS) is 16.2. The molecule has 4 heterocycles. The lowest BCUT2D eigenvalue weighted by Crippen LogP contribution is -2.60. The summed E-state index contributed by atoms with van der Waals surface area (Å²) >= 11 is 5.13. The Balaban J connectivity index is 1.29. The first-order valence-corrected chi connectivity index (χ1v) is 16.0. The van der Waals surface area contributed by atoms with Gasteiger partial charge in [0.2, 0.25) is 12.7 Å². The van der Waals surface area contributed by atoms with E-state index in [0.29, 0.717) is 54.0 Å². The van der Waals surface area contributed by atoms with Gasteiger partial charge in [0, 0.05) is 34.5 Å². The standard InChI is InChI=1S/C29H38BrN7O5S/c1-16(2)23(37(28(39)40)29(3,4)5)26(38)35-9-6-17(7-10-35)8-11-36-25-22(24(31)32-14-33-25)34-27(36)43-21-13-20-19(12-18(21)30)41-15-42-20/h12-14,16-17,23H,6-11,15H2,1-5H3,(H,39,40)(H2,31,32,33)/t23-/m0/s1. The Kier molecular flexibility index (Phi) is 8.98. The van der Waals surface area contributed by atoms with Crippen molar-refractivity contribution in [1.82, 2.24) is 29.3 Å². The Hall–Kier alpha value is -3.26. The summed E-state index contributed by atoms with van der Waals surface area (Å²) in [5.74, 6) is 1.82. The highest BCUT2D eigenvalue weighted by Crippen LogP contribution is 2.43. The maximum Gasteiger partial charge on any atom is 0.408 e. The van der Waals surface area contributed by atoms with Gasteiger partial charge in [-0.25, -0.2) is 19.7 Å². The molecule has 0 spiro atoms. The number of likely N-dealkylation sites (tertiary alicyclic amines) is 1. The maximum absolute atomic E-state index is 13.6. The van der Waals surface area contributed by atoms with Gasteiger partial charge in [-0.05, 0) is 79.9 Å². The Morgan fingerprint density at radius 3 is 2.49 bits per heavy atom. The summed E-state index contributed by atoms with van der Waals surface area (Å²) in [5.41, 5.74) is 6.71. The van der Waals surface area contributed by atoms with Crippen molar-refractivity contribution in [3.05, 3.63) is 22.9 Å². The first-order valence-electron chi connectivity index (χ1n) is 14.4. The van der Waals surface area contributed by atoms with Crippen LogP contribution >= 0.6 is 27.7 Å². The lowest BCUT2D eigenvalue weighted by Gasteiger charge is -2.43. The van der Waals surface area contributed by atoms with Crippen LogP contribution in [-0.2, 0) is 11.3 Å². The summed E-state index contributed by atoms with van der Waals surface area (Å²) in [6.07, 6.45) is 2.91. The summed E-state index contributed by atoms with van der Waals surface area (Å²) in [6.45, 7) is 11.3. The first-order chi connectivity index (χ1) is 20.3. The fourth-order valence-electron chi connectivity index (χ4n) is 5.75. The van der Waals surface area contributed by atoms with Gasteiger partial charge in [0.1, 0.15) is 12.4 Å². The van der Waals surface area contributed by atoms with Crippen molar-refractivity contribution < 1.29 is 24.2 Å². The van der Waals surface area contributed by atoms with Gasteiger partial charge < -0.3 is 29.8 Å². The van der Waals surface area contributed by atoms with Gasteiger partial charge in [-0.15, -0.1) is 0 Å². The Morgan fingerprint density at radius 2 is 1.86 bits per heavy atom. The number of nitrogen functional groups attached to an aromatic ring is 1. The number of hydrogen-bond donors (Lipinski definition) is 2. The number of piperidine rings is 1. The predicted molar refractivity (Wildman–Crippen MR) is 166 cm³/mol. The third kappa shape index (κ3) is 6.49. The molecule has 2 amide bonds. The highest BCUT2D eigenvalue weighted by atomic mass is 79.9. The van der Waals surface area contributed by atoms with Crippen LogP contribution in [0, 0.1) is 11.8 Å². The zero-order chi connectivity index (χ0) is 31.1. The Morgan fingerprint density at radius 1 is 1.19 bits per heavy atom. The van der Waals surface area contributed by atoms with Crippen LogP contribution in [0.1, 0.15) is 53.9 Å². The molecule has 1 saturated heterocycles. The largest absolute Gasteiger partial charge is 0.465 e. The number of carbonyl (C=O) groups is 2. The highest BCUT2D eigenvalue weighted by Gasteiger charge is 2.41. The van der Waals surface area contributed by atoms with Crippen molar-refractivity contribution in [3.63, 3.8) is 0 Å². The third-order valence-electron chi connectivity index (χ3n) is 7.93. The molecule has 3 aromatic rings. The molecular weight excluding hydrogens is 638 g/mol. The van der Waals surface area contributed by atoms with Crippen molar-refractivity contribution in [1.29, 1.82) is 0 Å². The maximum atomic E-state index is 13.6. The number of amides is 2. The molecule has 43 heavy (non-hydrogen) atoms. The molecule has 14 heteroatoms. The van der Waals surface area contributed by atoms with Crippen LogP contribution in [0.15, 0.2) is 33.0 Å². The van der Waals surface area contributed by atoms with Crippen molar-refractivity contribution in [2.45, 2.75) is 82.1 Å². The monoisotopic (exact) mass is 675 g/mol. The molecule has 0 unspecified atom stereocenters. The minimum absolute atomic E-state index is 0.119. The SMILES string of the molecule is CC(C)[C@@H](C(=O)N1CCC(CCn2c(Sc3cc4c(cc3Br)OCO4)nc3c(N)ncnc32)CC1)N(C(=O)O)C(C)(C)C. The molecular formula is C29H38BrN7O5S. The molecule has 2 aliphatic rings. The second-order valence-corrected chi connectivity index (χ2v) is 14.1. The molecule has 1 atom stereocenters. The molecule has 0 radical (unpaired) electrons. The number of anilines is 1. The predicted octanol–water partition coefficient (Wildman–Crippen LogP) is 5.48. The minimum atomic E-state index is -1.08. The molecule has 5 rings (SSSR count). The molecule has 2 aromatic heterocycles. The summed E-state index contributed by atoms with van der Waals surface area (Å²) in [7, 11) is 0. The zero-order valence-corrected chi connectivity index (χ0v) is 27.4. The smallest absolute Gasteiger partial charge is 0.408 e. The van der Waals surface area contributed by atoms with E-state index in [-0.39, 0.29) is 18.6 Å². The van der Waals surface area contributed by atoms with Gasteiger partial charge in [0.15, 0.2) is 33.6 Å². The van der Waals surface area contributed by atoms with E-state index < -0.39 is 17.7 Å². The highest BCUT2D eigenvalue weighted by molar-refractivity contribution is 9.10. The summed E-state index contributed by atoms with van der Waals surface area (Å²) in [4.78, 5) is 43.3. The number of carbonyl (C=O) groups excluding carboxylic acids is 1. The molecule has 0 saturated carbocycles. The van der Waals surface area contributed by atoms with Gasteiger partial charge in [0.05, 0.1) is 0 Å². The van der Waals surface area contributed by atoms with Crippen LogP contribution in [0.3, 0.4) is 0 Å². The van der Waals surface area contributed by atoms with E-state index in [4.69, 9.17) is 20.2 Å². The molecule has 3 N–H and O–H groups in total. The number of aryl methyl sites for hydroxylation is 1. The minimum Gasteiger partial charge on any atom is -0.465 e. The van der Waals surface area contributed by atoms with Crippen LogP contribution in [0.4, 0.5) is 10.6 Å². The molecule has 2 aliphatic heterocycles. The fourth-order valence-corrected chi connectivity index (χ4v) is 7.26. The van der Waals surface area contributed by atoms with E-state index in [0.717, 1.165) is 33.8 Å². The summed E-state index contributed by atoms with van der Waals surface area (Å²) in [6, 6.07) is 3.09. The van der Waals surface area contributed by atoms with E-state index in [9.17, 15) is 14.7 Å². The number of benzene rings is 1. The molecule has 1 fully saturated rings. The number of ether oxygens (including phenoxy) is 2. The second kappa shape index (κ2) is 12.4. The van der Waals surface area contributed by atoms with E-state index in [1.165, 1.54) is 23.0 Å². The fraction of sp³-hybridized carbons (Fsp3) is 0.552. The number of halogens is 1. The van der Waals surface area contributed by atoms with E-state index in [1.54, 1.807) is 0 Å². The van der Waals surface area contributed by atoms with Gasteiger partial charge in [-0.1, -0.05) is 25.6 Å². The van der Waals surface area contributed by atoms with Crippen LogP contribution in [0.5, 0.6) is 11.5 Å². The van der Waals surface area contributed by atoms with Gasteiger partial charge >= 0.3 is 6.09 Å². The average Bonchev–Trinajstić information content (AvgIpc) is 3.54. The van der Waals surface area contributed by atoms with E-state index in [1.807, 2.05) is 51.7 Å². The quantitative estimate of drug-likeness (QED) is 0.314. The summed E-state index contributed by atoms with van der Waals surface area (Å²) in [5, 5.41) is 10.7. The molecule has 12 nitrogen and oxygen atoms in total. The molecule has 232 valence electrons. The third-order valence-corrected chi connectivity index (χ3v) is 9.90. The second-order valence-electron chi connectivity index (χ2n) is 12.3. The molecule has 0 bridgehead atoms. The number of carboxylic acid groups (broad SMARTS) is 1. The Bertz CT molecular complexity index is 1520. The number of hydrogen-bond acceptors (Lipinski definition) is 9. The average molecular weight is 677 g/mol. The number of imidazole rings is 1. The number of nitrogens with zero attached hydrogens (tertiary/aromatic N) is 6. The lowest BCUT2D eigenvalue weighted by atomic mass is 9.91. The van der Waals surface area contributed by atoms with E-state index in [2.05, 4.69) is 30.5 Å². The van der Waals surface area contributed by atoms with Crippen LogP contribution in [-0.4, -0.2) is 77.9 Å². The summed E-state index contributed by atoms with van der Waals surface area (Å²) < 4.78 is 14.0. The topological polar surface area (TPSA) is 149 Å². The van der Waals surface area contributed by atoms with Gasteiger partial charge in [-0.3, -0.25) is 9.69 Å². The zero-order valence-electron chi connectivity index (χ0n) is 25.0. The van der Waals surface area contributed by atoms with Crippen molar-refractivity contribution in [2.24, 2.45) is 11.8 Å².